The molecule has 0 unspecified atom stereocenters. The molecule has 0 aliphatic heterocycles. The van der Waals surface area contributed by atoms with Crippen LogP contribution in [0.3, 0.4) is 0 Å². The lowest BCUT2D eigenvalue weighted by atomic mass is 9.98. The topological polar surface area (TPSA) is 55.4 Å². The molecule has 1 atom stereocenters. The Balaban J connectivity index is 3.94. The van der Waals surface area contributed by atoms with Gasteiger partial charge < -0.3 is 14.8 Å². The van der Waals surface area contributed by atoms with Crippen molar-refractivity contribution in [2.75, 3.05) is 6.54 Å². The molecule has 0 rings (SSSR count). The van der Waals surface area contributed by atoms with Gasteiger partial charge in [-0.15, -0.1) is 0 Å². The molecule has 0 aromatic carbocycles. The lowest BCUT2D eigenvalue weighted by molar-refractivity contribution is -0.112. The van der Waals surface area contributed by atoms with Crippen molar-refractivity contribution in [3.05, 3.63) is 0 Å². The molecule has 1 N–H and O–H groups in total. The molecule has 0 radical (unpaired) electrons. The van der Waals surface area contributed by atoms with Crippen LogP contribution in [0.15, 0.2) is 0 Å². The van der Waals surface area contributed by atoms with E-state index in [0.717, 1.165) is 6.29 Å². The second kappa shape index (κ2) is 5.73. The maximum Gasteiger partial charge on any atom is 0.407 e. The number of hydrogen-bond donors (Lipinski definition) is 1. The SMILES string of the molecule is CC(C)[C@@H](C=O)CNC(=O)OC(C)(C)C. The van der Waals surface area contributed by atoms with Crippen molar-refractivity contribution in [1.82, 2.24) is 5.32 Å². The Labute approximate surface area is 91.4 Å². The summed E-state index contributed by atoms with van der Waals surface area (Å²) in [5.74, 6) is 0.0648. The highest BCUT2D eigenvalue weighted by Gasteiger charge is 2.18. The zero-order valence-corrected chi connectivity index (χ0v) is 10.2. The summed E-state index contributed by atoms with van der Waals surface area (Å²) in [5.41, 5.74) is -0.501. The van der Waals surface area contributed by atoms with Gasteiger partial charge >= 0.3 is 6.09 Å². The zero-order valence-electron chi connectivity index (χ0n) is 10.2. The molecule has 4 heteroatoms. The van der Waals surface area contributed by atoms with Crippen LogP contribution in [0.25, 0.3) is 0 Å². The molecular formula is C11H21NO3. The standard InChI is InChI=1S/C11H21NO3/c1-8(2)9(7-13)6-12-10(14)15-11(3,4)5/h7-9H,6H2,1-5H3,(H,12,14)/t9-/m1/s1. The number of nitrogens with one attached hydrogen (secondary N) is 1. The predicted octanol–water partition coefficient (Wildman–Crippen LogP) is 1.98. The summed E-state index contributed by atoms with van der Waals surface area (Å²) in [6.07, 6.45) is 0.386. The minimum atomic E-state index is -0.501. The summed E-state index contributed by atoms with van der Waals surface area (Å²) in [4.78, 5) is 21.9. The smallest absolute Gasteiger partial charge is 0.407 e. The monoisotopic (exact) mass is 215 g/mol. The minimum absolute atomic E-state index is 0.155. The summed E-state index contributed by atoms with van der Waals surface area (Å²) in [6.45, 7) is 9.60. The van der Waals surface area contributed by atoms with E-state index in [2.05, 4.69) is 5.32 Å². The highest BCUT2D eigenvalue weighted by Crippen LogP contribution is 2.08. The number of amides is 1. The number of alkyl carbamates (subject to hydrolysis) is 1. The number of aldehydes is 1. The molecule has 0 fully saturated rings. The van der Waals surface area contributed by atoms with Gasteiger partial charge in [0.15, 0.2) is 0 Å². The first kappa shape index (κ1) is 13.9. The average Bonchev–Trinajstić information content (AvgIpc) is 2.01. The van der Waals surface area contributed by atoms with Crippen molar-refractivity contribution in [1.29, 1.82) is 0 Å². The summed E-state index contributed by atoms with van der Waals surface area (Å²) in [5, 5.41) is 2.58. The Morgan fingerprint density at radius 1 is 1.40 bits per heavy atom. The Kier molecular flexibility index (Phi) is 5.33. The maximum absolute atomic E-state index is 11.3. The van der Waals surface area contributed by atoms with Gasteiger partial charge in [-0.2, -0.15) is 0 Å². The van der Waals surface area contributed by atoms with E-state index in [1.54, 1.807) is 20.8 Å². The Bertz CT molecular complexity index is 218. The third kappa shape index (κ3) is 6.94. The van der Waals surface area contributed by atoms with E-state index in [4.69, 9.17) is 4.74 Å². The molecule has 0 aliphatic carbocycles. The fourth-order valence-corrected chi connectivity index (χ4v) is 0.956. The Morgan fingerprint density at radius 3 is 2.27 bits per heavy atom. The van der Waals surface area contributed by atoms with E-state index in [-0.39, 0.29) is 11.8 Å². The first-order chi connectivity index (χ1) is 6.76. The van der Waals surface area contributed by atoms with E-state index in [0.29, 0.717) is 6.54 Å². The lowest BCUT2D eigenvalue weighted by Crippen LogP contribution is -2.36. The van der Waals surface area contributed by atoms with Gasteiger partial charge in [-0.25, -0.2) is 4.79 Å². The number of hydrogen-bond acceptors (Lipinski definition) is 3. The van der Waals surface area contributed by atoms with Crippen LogP contribution in [0.2, 0.25) is 0 Å². The molecule has 0 aromatic rings. The van der Waals surface area contributed by atoms with Crippen molar-refractivity contribution in [3.8, 4) is 0 Å². The van der Waals surface area contributed by atoms with Crippen LogP contribution >= 0.6 is 0 Å². The first-order valence-corrected chi connectivity index (χ1v) is 5.18. The Hall–Kier alpha value is -1.06. The largest absolute Gasteiger partial charge is 0.444 e. The fraction of sp³-hybridized carbons (Fsp3) is 0.818. The molecule has 1 amide bonds. The molecule has 0 spiro atoms. The van der Waals surface area contributed by atoms with Crippen LogP contribution in [0.1, 0.15) is 34.6 Å². The fourth-order valence-electron chi connectivity index (χ4n) is 0.956. The van der Waals surface area contributed by atoms with E-state index in [1.165, 1.54) is 0 Å². The molecule has 0 bridgehead atoms. The predicted molar refractivity (Wildman–Crippen MR) is 58.6 cm³/mol. The van der Waals surface area contributed by atoms with Crippen LogP contribution in [-0.2, 0) is 9.53 Å². The molecule has 4 nitrogen and oxygen atoms in total. The quantitative estimate of drug-likeness (QED) is 0.729. The molecule has 88 valence electrons. The van der Waals surface area contributed by atoms with Crippen LogP contribution in [0.4, 0.5) is 4.79 Å². The van der Waals surface area contributed by atoms with Gasteiger partial charge in [-0.1, -0.05) is 13.8 Å². The van der Waals surface area contributed by atoms with Gasteiger partial charge in [0, 0.05) is 12.5 Å². The third-order valence-corrected chi connectivity index (χ3v) is 1.91. The van der Waals surface area contributed by atoms with E-state index < -0.39 is 11.7 Å². The van der Waals surface area contributed by atoms with Crippen molar-refractivity contribution in [2.45, 2.75) is 40.2 Å². The van der Waals surface area contributed by atoms with Gasteiger partial charge in [0.1, 0.15) is 11.9 Å². The summed E-state index contributed by atoms with van der Waals surface area (Å²) >= 11 is 0. The summed E-state index contributed by atoms with van der Waals surface area (Å²) < 4.78 is 5.05. The van der Waals surface area contributed by atoms with Gasteiger partial charge in [0.05, 0.1) is 0 Å². The van der Waals surface area contributed by atoms with Gasteiger partial charge in [-0.05, 0) is 26.7 Å². The maximum atomic E-state index is 11.3. The lowest BCUT2D eigenvalue weighted by Gasteiger charge is -2.21. The number of carbonyl (C=O) groups excluding carboxylic acids is 2. The van der Waals surface area contributed by atoms with E-state index in [9.17, 15) is 9.59 Å². The van der Waals surface area contributed by atoms with Crippen molar-refractivity contribution in [3.63, 3.8) is 0 Å². The van der Waals surface area contributed by atoms with E-state index in [1.807, 2.05) is 13.8 Å². The minimum Gasteiger partial charge on any atom is -0.444 e. The average molecular weight is 215 g/mol. The second-order valence-electron chi connectivity index (χ2n) is 4.93. The highest BCUT2D eigenvalue weighted by molar-refractivity contribution is 5.68. The molecule has 0 saturated heterocycles. The molecule has 0 saturated carbocycles. The van der Waals surface area contributed by atoms with Crippen LogP contribution in [0.5, 0.6) is 0 Å². The van der Waals surface area contributed by atoms with Crippen molar-refractivity contribution in [2.24, 2.45) is 11.8 Å². The van der Waals surface area contributed by atoms with Gasteiger partial charge in [-0.3, -0.25) is 0 Å². The van der Waals surface area contributed by atoms with Crippen molar-refractivity contribution < 1.29 is 14.3 Å². The molecule has 0 aromatic heterocycles. The van der Waals surface area contributed by atoms with Crippen LogP contribution in [0, 0.1) is 11.8 Å². The van der Waals surface area contributed by atoms with Crippen LogP contribution in [-0.4, -0.2) is 24.5 Å². The normalized spacial score (nSPS) is 13.5. The molecule has 0 heterocycles. The van der Waals surface area contributed by atoms with Crippen LogP contribution < -0.4 is 5.32 Å². The number of rotatable bonds is 4. The molecular weight excluding hydrogens is 194 g/mol. The highest BCUT2D eigenvalue weighted by atomic mass is 16.6. The second-order valence-corrected chi connectivity index (χ2v) is 4.93. The zero-order chi connectivity index (χ0) is 12.1. The molecule has 15 heavy (non-hydrogen) atoms. The molecule has 0 aliphatic rings. The van der Waals surface area contributed by atoms with Gasteiger partial charge in [0.25, 0.3) is 0 Å². The first-order valence-electron chi connectivity index (χ1n) is 5.18. The summed E-state index contributed by atoms with van der Waals surface area (Å²) in [6, 6.07) is 0. The number of ether oxygens (including phenoxy) is 1. The number of carbonyl (C=O) groups is 2. The third-order valence-electron chi connectivity index (χ3n) is 1.91. The Morgan fingerprint density at radius 2 is 1.93 bits per heavy atom. The van der Waals surface area contributed by atoms with Crippen molar-refractivity contribution >= 4 is 12.4 Å². The summed E-state index contributed by atoms with van der Waals surface area (Å²) in [7, 11) is 0. The van der Waals surface area contributed by atoms with E-state index >= 15 is 0 Å². The van der Waals surface area contributed by atoms with Gasteiger partial charge in [0.2, 0.25) is 0 Å².